The van der Waals surface area contributed by atoms with Crippen molar-refractivity contribution in [1.29, 1.82) is 0 Å². The zero-order chi connectivity index (χ0) is 8.55. The number of benzene rings is 1. The highest BCUT2D eigenvalue weighted by Crippen LogP contribution is 2.13. The van der Waals surface area contributed by atoms with Crippen LogP contribution in [0.5, 0.6) is 0 Å². The number of aromatic amines is 2. The first-order valence-electron chi connectivity index (χ1n) is 3.69. The van der Waals surface area contributed by atoms with E-state index in [1.165, 1.54) is 0 Å². The largest absolute Gasteiger partial charge is 0.388 e. The van der Waals surface area contributed by atoms with E-state index in [2.05, 4.69) is 15.3 Å². The second-order valence-corrected chi connectivity index (χ2v) is 2.59. The van der Waals surface area contributed by atoms with Gasteiger partial charge < -0.3 is 15.3 Å². The Hall–Kier alpha value is -1.71. The first-order chi connectivity index (χ1) is 5.79. The number of imidazole rings is 1. The summed E-state index contributed by atoms with van der Waals surface area (Å²) in [5.74, 6) is 0. The third-order valence-electron chi connectivity index (χ3n) is 1.80. The molecule has 0 aliphatic heterocycles. The number of nitrogens with one attached hydrogen (secondary N) is 3. The van der Waals surface area contributed by atoms with Gasteiger partial charge in [-0.25, -0.2) is 4.79 Å². The van der Waals surface area contributed by atoms with Crippen molar-refractivity contribution in [2.24, 2.45) is 0 Å². The molecule has 0 saturated heterocycles. The summed E-state index contributed by atoms with van der Waals surface area (Å²) in [6.45, 7) is 0. The topological polar surface area (TPSA) is 60.7 Å². The molecular formula is C8H9N3O. The molecule has 62 valence electrons. The molecule has 0 aliphatic carbocycles. The molecule has 1 aromatic heterocycles. The molecule has 0 fully saturated rings. The number of anilines is 1. The van der Waals surface area contributed by atoms with Crippen molar-refractivity contribution < 1.29 is 0 Å². The minimum atomic E-state index is -0.168. The van der Waals surface area contributed by atoms with E-state index >= 15 is 0 Å². The van der Waals surface area contributed by atoms with Gasteiger partial charge in [-0.15, -0.1) is 0 Å². The summed E-state index contributed by atoms with van der Waals surface area (Å²) in [6.07, 6.45) is 0. The fourth-order valence-corrected chi connectivity index (χ4v) is 1.19. The number of hydrogen-bond donors (Lipinski definition) is 3. The van der Waals surface area contributed by atoms with Gasteiger partial charge in [-0.2, -0.15) is 0 Å². The summed E-state index contributed by atoms with van der Waals surface area (Å²) < 4.78 is 0. The molecule has 0 amide bonds. The monoisotopic (exact) mass is 163 g/mol. The average molecular weight is 163 g/mol. The van der Waals surface area contributed by atoms with Crippen molar-refractivity contribution in [2.45, 2.75) is 0 Å². The number of fused-ring (bicyclic) bond motifs is 1. The van der Waals surface area contributed by atoms with Gasteiger partial charge in [0.05, 0.1) is 11.0 Å². The molecular weight excluding hydrogens is 154 g/mol. The molecule has 0 aliphatic rings. The van der Waals surface area contributed by atoms with E-state index < -0.39 is 0 Å². The van der Waals surface area contributed by atoms with E-state index in [1.54, 1.807) is 0 Å². The number of hydrogen-bond acceptors (Lipinski definition) is 2. The number of rotatable bonds is 1. The molecule has 3 N–H and O–H groups in total. The molecule has 0 atom stereocenters. The Morgan fingerprint density at radius 2 is 2.00 bits per heavy atom. The first-order valence-corrected chi connectivity index (χ1v) is 3.69. The Bertz CT molecular complexity index is 455. The normalized spacial score (nSPS) is 10.4. The zero-order valence-electron chi connectivity index (χ0n) is 6.64. The molecule has 12 heavy (non-hydrogen) atoms. The average Bonchev–Trinajstić information content (AvgIpc) is 2.43. The second kappa shape index (κ2) is 2.41. The maximum Gasteiger partial charge on any atom is 0.323 e. The molecule has 0 bridgehead atoms. The lowest BCUT2D eigenvalue weighted by Gasteiger charge is -1.97. The highest BCUT2D eigenvalue weighted by atomic mass is 16.1. The van der Waals surface area contributed by atoms with Gasteiger partial charge >= 0.3 is 5.69 Å². The standard InChI is InChI=1S/C8H9N3O/c1-9-5-2-3-6-7(4-5)11-8(12)10-6/h2-4,9H,1H3,(H2,10,11,12). The zero-order valence-corrected chi connectivity index (χ0v) is 6.64. The fourth-order valence-electron chi connectivity index (χ4n) is 1.19. The highest BCUT2D eigenvalue weighted by molar-refractivity contribution is 5.78. The van der Waals surface area contributed by atoms with Gasteiger partial charge in [0.25, 0.3) is 0 Å². The van der Waals surface area contributed by atoms with Crippen molar-refractivity contribution in [3.8, 4) is 0 Å². The maximum absolute atomic E-state index is 10.9. The highest BCUT2D eigenvalue weighted by Gasteiger charge is 1.97. The summed E-state index contributed by atoms with van der Waals surface area (Å²) in [5, 5.41) is 2.99. The minimum Gasteiger partial charge on any atom is -0.388 e. The van der Waals surface area contributed by atoms with Gasteiger partial charge in [0.15, 0.2) is 0 Å². The van der Waals surface area contributed by atoms with Gasteiger partial charge in [0, 0.05) is 12.7 Å². The number of aromatic nitrogens is 2. The van der Waals surface area contributed by atoms with E-state index in [-0.39, 0.29) is 5.69 Å². The predicted octanol–water partition coefficient (Wildman–Crippen LogP) is 0.898. The smallest absolute Gasteiger partial charge is 0.323 e. The van der Waals surface area contributed by atoms with Crippen molar-refractivity contribution >= 4 is 16.7 Å². The third-order valence-corrected chi connectivity index (χ3v) is 1.80. The van der Waals surface area contributed by atoms with Crippen LogP contribution < -0.4 is 11.0 Å². The van der Waals surface area contributed by atoms with E-state index in [0.717, 1.165) is 16.7 Å². The van der Waals surface area contributed by atoms with Gasteiger partial charge in [0.2, 0.25) is 0 Å². The lowest BCUT2D eigenvalue weighted by molar-refractivity contribution is 1.21. The Morgan fingerprint density at radius 3 is 2.75 bits per heavy atom. The summed E-state index contributed by atoms with van der Waals surface area (Å²) in [5.41, 5.74) is 2.47. The molecule has 2 rings (SSSR count). The third kappa shape index (κ3) is 0.972. The van der Waals surface area contributed by atoms with Crippen LogP contribution in [-0.4, -0.2) is 17.0 Å². The van der Waals surface area contributed by atoms with Crippen molar-refractivity contribution in [2.75, 3.05) is 12.4 Å². The molecule has 4 nitrogen and oxygen atoms in total. The Morgan fingerprint density at radius 1 is 1.25 bits per heavy atom. The van der Waals surface area contributed by atoms with Crippen LogP contribution in [0.15, 0.2) is 23.0 Å². The quantitative estimate of drug-likeness (QED) is 0.584. The lowest BCUT2D eigenvalue weighted by atomic mass is 10.3. The summed E-state index contributed by atoms with van der Waals surface area (Å²) >= 11 is 0. The van der Waals surface area contributed by atoms with Crippen LogP contribution in [0.4, 0.5) is 5.69 Å². The van der Waals surface area contributed by atoms with Crippen LogP contribution in [0, 0.1) is 0 Å². The van der Waals surface area contributed by atoms with E-state index in [4.69, 9.17) is 0 Å². The van der Waals surface area contributed by atoms with Crippen LogP contribution in [-0.2, 0) is 0 Å². The molecule has 2 aromatic rings. The summed E-state index contributed by atoms with van der Waals surface area (Å²) in [6, 6.07) is 5.65. The summed E-state index contributed by atoms with van der Waals surface area (Å²) in [7, 11) is 1.84. The van der Waals surface area contributed by atoms with Gasteiger partial charge in [-0.05, 0) is 18.2 Å². The van der Waals surface area contributed by atoms with E-state index in [1.807, 2.05) is 25.2 Å². The molecule has 0 saturated carbocycles. The van der Waals surface area contributed by atoms with Crippen LogP contribution in [0.1, 0.15) is 0 Å². The molecule has 1 aromatic carbocycles. The number of H-pyrrole nitrogens is 2. The van der Waals surface area contributed by atoms with Crippen LogP contribution in [0.3, 0.4) is 0 Å². The van der Waals surface area contributed by atoms with Crippen LogP contribution in [0.25, 0.3) is 11.0 Å². The van der Waals surface area contributed by atoms with Crippen molar-refractivity contribution in [3.05, 3.63) is 28.7 Å². The van der Waals surface area contributed by atoms with Crippen molar-refractivity contribution in [1.82, 2.24) is 9.97 Å². The van der Waals surface area contributed by atoms with Crippen molar-refractivity contribution in [3.63, 3.8) is 0 Å². The predicted molar refractivity (Wildman–Crippen MR) is 48.5 cm³/mol. The second-order valence-electron chi connectivity index (χ2n) is 2.59. The first kappa shape index (κ1) is 6.97. The molecule has 0 spiro atoms. The van der Waals surface area contributed by atoms with Gasteiger partial charge in [-0.3, -0.25) is 0 Å². The fraction of sp³-hybridized carbons (Fsp3) is 0.125. The van der Waals surface area contributed by atoms with E-state index in [0.29, 0.717) is 0 Å². The Labute approximate surface area is 68.6 Å². The SMILES string of the molecule is CNc1ccc2[nH]c(=O)[nH]c2c1. The molecule has 4 heteroatoms. The Kier molecular flexibility index (Phi) is 1.40. The van der Waals surface area contributed by atoms with Gasteiger partial charge in [0.1, 0.15) is 0 Å². The van der Waals surface area contributed by atoms with E-state index in [9.17, 15) is 4.79 Å². The van der Waals surface area contributed by atoms with Crippen LogP contribution >= 0.6 is 0 Å². The molecule has 1 heterocycles. The maximum atomic E-state index is 10.9. The molecule has 0 radical (unpaired) electrons. The minimum absolute atomic E-state index is 0.168. The van der Waals surface area contributed by atoms with Gasteiger partial charge in [-0.1, -0.05) is 0 Å². The molecule has 0 unspecified atom stereocenters. The van der Waals surface area contributed by atoms with Crippen LogP contribution in [0.2, 0.25) is 0 Å². The summed E-state index contributed by atoms with van der Waals surface area (Å²) in [4.78, 5) is 16.2. The lowest BCUT2D eigenvalue weighted by Crippen LogP contribution is -1.99. The Balaban J connectivity index is 2.74.